The molecule has 1 fully saturated rings. The van der Waals surface area contributed by atoms with E-state index in [1.165, 1.54) is 17.7 Å². The van der Waals surface area contributed by atoms with E-state index in [0.29, 0.717) is 24.0 Å². The lowest BCUT2D eigenvalue weighted by Gasteiger charge is -2.27. The Morgan fingerprint density at radius 2 is 1.58 bits per heavy atom. The molecular formula is C24H25F3O4. The van der Waals surface area contributed by atoms with Gasteiger partial charge in [0.25, 0.3) is 0 Å². The van der Waals surface area contributed by atoms with Gasteiger partial charge >= 0.3 is 12.3 Å². The fraction of sp³-hybridized carbons (Fsp3) is 0.375. The van der Waals surface area contributed by atoms with E-state index in [0.717, 1.165) is 37.8 Å². The highest BCUT2D eigenvalue weighted by molar-refractivity contribution is 5.91. The van der Waals surface area contributed by atoms with Crippen LogP contribution in [-0.2, 0) is 4.74 Å². The Balaban J connectivity index is 1.52. The lowest BCUT2D eigenvalue weighted by atomic mass is 9.78. The summed E-state index contributed by atoms with van der Waals surface area (Å²) in [5, 5.41) is 0. The topological polar surface area (TPSA) is 44.8 Å². The second kappa shape index (κ2) is 10.5. The number of ether oxygens (including phenoxy) is 3. The molecular weight excluding hydrogens is 409 g/mol. The van der Waals surface area contributed by atoms with Crippen molar-refractivity contribution in [2.45, 2.75) is 38.0 Å². The van der Waals surface area contributed by atoms with Gasteiger partial charge in [-0.15, -0.1) is 13.2 Å². The number of alkyl halides is 3. The van der Waals surface area contributed by atoms with E-state index in [1.54, 1.807) is 19.2 Å². The van der Waals surface area contributed by atoms with Crippen LogP contribution in [0, 0.1) is 5.92 Å². The van der Waals surface area contributed by atoms with Gasteiger partial charge in [0, 0.05) is 7.11 Å². The lowest BCUT2D eigenvalue weighted by molar-refractivity contribution is -0.274. The third kappa shape index (κ3) is 7.14. The summed E-state index contributed by atoms with van der Waals surface area (Å²) in [5.74, 6) is 0.263. The molecule has 0 atom stereocenters. The summed E-state index contributed by atoms with van der Waals surface area (Å²) in [6.07, 6.45) is 3.99. The molecule has 0 heterocycles. The molecule has 0 radical (unpaired) electrons. The first-order valence-electron chi connectivity index (χ1n) is 10.2. The number of hydrogen-bond acceptors (Lipinski definition) is 4. The quantitative estimate of drug-likeness (QED) is 0.292. The van der Waals surface area contributed by atoms with Crippen LogP contribution in [0.1, 0.15) is 47.5 Å². The van der Waals surface area contributed by atoms with Gasteiger partial charge in [0.15, 0.2) is 0 Å². The van der Waals surface area contributed by atoms with E-state index in [9.17, 15) is 18.0 Å². The molecule has 0 aromatic heterocycles. The van der Waals surface area contributed by atoms with Crippen molar-refractivity contribution in [3.63, 3.8) is 0 Å². The summed E-state index contributed by atoms with van der Waals surface area (Å²) < 4.78 is 50.7. The van der Waals surface area contributed by atoms with Gasteiger partial charge in [0.2, 0.25) is 0 Å². The molecule has 2 aromatic carbocycles. The normalized spacial score (nSPS) is 19.4. The van der Waals surface area contributed by atoms with Crippen molar-refractivity contribution < 1.29 is 32.2 Å². The van der Waals surface area contributed by atoms with Crippen LogP contribution in [0.4, 0.5) is 13.2 Å². The molecule has 0 bridgehead atoms. The first kappa shape index (κ1) is 22.9. The third-order valence-corrected chi connectivity index (χ3v) is 5.33. The van der Waals surface area contributed by atoms with E-state index < -0.39 is 12.3 Å². The second-order valence-corrected chi connectivity index (χ2v) is 7.53. The zero-order valence-electron chi connectivity index (χ0n) is 17.2. The average molecular weight is 434 g/mol. The molecule has 0 unspecified atom stereocenters. The van der Waals surface area contributed by atoms with Gasteiger partial charge in [-0.25, -0.2) is 4.79 Å². The summed E-state index contributed by atoms with van der Waals surface area (Å²) >= 11 is 0. The largest absolute Gasteiger partial charge is 0.573 e. The standard InChI is InChI=1S/C24H25F3O4/c1-29-16-2-3-17-4-6-18(7-5-17)19-8-10-20(11-9-19)23(28)30-21-12-14-22(15-13-21)31-24(25,26)27/h2-3,8-15,17-18H,4-7,16H2,1H3. The maximum atomic E-state index is 12.3. The maximum Gasteiger partial charge on any atom is 0.573 e. The highest BCUT2D eigenvalue weighted by Gasteiger charge is 2.31. The molecule has 0 amide bonds. The summed E-state index contributed by atoms with van der Waals surface area (Å²) in [6, 6.07) is 12.1. The van der Waals surface area contributed by atoms with E-state index in [-0.39, 0.29) is 11.5 Å². The van der Waals surface area contributed by atoms with Gasteiger partial charge in [-0.1, -0.05) is 24.3 Å². The summed E-state index contributed by atoms with van der Waals surface area (Å²) in [7, 11) is 1.68. The van der Waals surface area contributed by atoms with Gasteiger partial charge in [0.1, 0.15) is 11.5 Å². The zero-order chi connectivity index (χ0) is 22.3. The number of esters is 1. The molecule has 166 valence electrons. The highest BCUT2D eigenvalue weighted by Crippen LogP contribution is 2.36. The number of benzene rings is 2. The monoisotopic (exact) mass is 434 g/mol. The van der Waals surface area contributed by atoms with Crippen molar-refractivity contribution in [3.05, 3.63) is 71.8 Å². The number of carbonyl (C=O) groups excluding carboxylic acids is 1. The molecule has 1 aliphatic rings. The van der Waals surface area contributed by atoms with Crippen LogP contribution in [0.25, 0.3) is 0 Å². The van der Waals surface area contributed by atoms with Crippen molar-refractivity contribution in [1.29, 1.82) is 0 Å². The van der Waals surface area contributed by atoms with Crippen molar-refractivity contribution in [2.24, 2.45) is 5.92 Å². The molecule has 4 nitrogen and oxygen atoms in total. The second-order valence-electron chi connectivity index (χ2n) is 7.53. The predicted octanol–water partition coefficient (Wildman–Crippen LogP) is 6.28. The van der Waals surface area contributed by atoms with E-state index in [4.69, 9.17) is 9.47 Å². The molecule has 3 rings (SSSR count). The third-order valence-electron chi connectivity index (χ3n) is 5.33. The SMILES string of the molecule is COCC=CC1CCC(c2ccc(C(=O)Oc3ccc(OC(F)(F)F)cc3)cc2)CC1. The predicted molar refractivity (Wildman–Crippen MR) is 110 cm³/mol. The van der Waals surface area contributed by atoms with Gasteiger partial charge in [-0.3, -0.25) is 0 Å². The number of rotatable bonds is 7. The van der Waals surface area contributed by atoms with E-state index in [2.05, 4.69) is 16.9 Å². The first-order valence-corrected chi connectivity index (χ1v) is 10.2. The molecule has 2 aromatic rings. The number of methoxy groups -OCH3 is 1. The van der Waals surface area contributed by atoms with Crippen LogP contribution in [0.2, 0.25) is 0 Å². The smallest absolute Gasteiger partial charge is 0.423 e. The molecule has 31 heavy (non-hydrogen) atoms. The minimum Gasteiger partial charge on any atom is -0.423 e. The van der Waals surface area contributed by atoms with Crippen molar-refractivity contribution in [1.82, 2.24) is 0 Å². The molecule has 0 saturated heterocycles. The average Bonchev–Trinajstić information content (AvgIpc) is 2.75. The first-order chi connectivity index (χ1) is 14.8. The van der Waals surface area contributed by atoms with Crippen molar-refractivity contribution in [2.75, 3.05) is 13.7 Å². The molecule has 1 saturated carbocycles. The van der Waals surface area contributed by atoms with Gasteiger partial charge in [-0.05, 0) is 79.5 Å². The Kier molecular flexibility index (Phi) is 7.74. The Morgan fingerprint density at radius 3 is 2.16 bits per heavy atom. The highest BCUT2D eigenvalue weighted by atomic mass is 19.4. The Labute approximate surface area is 179 Å². The maximum absolute atomic E-state index is 12.3. The fourth-order valence-electron chi connectivity index (χ4n) is 3.76. The van der Waals surface area contributed by atoms with Gasteiger partial charge in [-0.2, -0.15) is 0 Å². The van der Waals surface area contributed by atoms with Crippen LogP contribution in [-0.4, -0.2) is 26.0 Å². The zero-order valence-corrected chi connectivity index (χ0v) is 17.2. The minimum absolute atomic E-state index is 0.142. The van der Waals surface area contributed by atoms with E-state index in [1.807, 2.05) is 12.1 Å². The molecule has 0 N–H and O–H groups in total. The van der Waals surface area contributed by atoms with Gasteiger partial charge in [0.05, 0.1) is 12.2 Å². The summed E-state index contributed by atoms with van der Waals surface area (Å²) in [6.45, 7) is 0.642. The van der Waals surface area contributed by atoms with Crippen LogP contribution < -0.4 is 9.47 Å². The Morgan fingerprint density at radius 1 is 0.968 bits per heavy atom. The summed E-state index contributed by atoms with van der Waals surface area (Å²) in [4.78, 5) is 12.3. The molecule has 7 heteroatoms. The molecule has 1 aliphatic carbocycles. The number of hydrogen-bond donors (Lipinski definition) is 0. The van der Waals surface area contributed by atoms with Crippen molar-refractivity contribution in [3.8, 4) is 11.5 Å². The Hall–Kier alpha value is -2.80. The van der Waals surface area contributed by atoms with Crippen molar-refractivity contribution >= 4 is 5.97 Å². The lowest BCUT2D eigenvalue weighted by Crippen LogP contribution is -2.17. The number of carbonyl (C=O) groups is 1. The Bertz CT molecular complexity index is 865. The van der Waals surface area contributed by atoms with Crippen LogP contribution in [0.3, 0.4) is 0 Å². The van der Waals surface area contributed by atoms with Crippen LogP contribution in [0.15, 0.2) is 60.7 Å². The fourth-order valence-corrected chi connectivity index (χ4v) is 3.76. The van der Waals surface area contributed by atoms with E-state index >= 15 is 0 Å². The van der Waals surface area contributed by atoms with Crippen LogP contribution >= 0.6 is 0 Å². The summed E-state index contributed by atoms with van der Waals surface area (Å²) in [5.41, 5.74) is 1.58. The molecule has 0 aliphatic heterocycles. The minimum atomic E-state index is -4.76. The number of halogens is 3. The van der Waals surface area contributed by atoms with Gasteiger partial charge < -0.3 is 14.2 Å². The molecule has 0 spiro atoms. The van der Waals surface area contributed by atoms with Crippen LogP contribution in [0.5, 0.6) is 11.5 Å². The number of allylic oxidation sites excluding steroid dienone is 1.